The van der Waals surface area contributed by atoms with Crippen molar-refractivity contribution in [3.05, 3.63) is 64.1 Å². The molecule has 3 nitrogen and oxygen atoms in total. The Kier molecular flexibility index (Phi) is 2.91. The van der Waals surface area contributed by atoms with Gasteiger partial charge in [0.2, 0.25) is 0 Å². The first kappa shape index (κ1) is 11.3. The van der Waals surface area contributed by atoms with E-state index in [1.807, 2.05) is 31.2 Å². The molecule has 86 valence electrons. The van der Waals surface area contributed by atoms with Gasteiger partial charge in [-0.2, -0.15) is 0 Å². The van der Waals surface area contributed by atoms with Crippen LogP contribution in [0, 0.1) is 6.92 Å². The van der Waals surface area contributed by atoms with E-state index < -0.39 is 0 Å². The Balaban J connectivity index is 2.61. The summed E-state index contributed by atoms with van der Waals surface area (Å²) in [5.74, 6) is -0.212. The monoisotopic (exact) mass is 227 g/mol. The molecule has 0 saturated carbocycles. The fraction of sp³-hybridized carbons (Fsp3) is 0.143. The summed E-state index contributed by atoms with van der Waals surface area (Å²) in [6, 6.07) is 10.8. The van der Waals surface area contributed by atoms with Crippen molar-refractivity contribution >= 4 is 5.78 Å². The zero-order valence-corrected chi connectivity index (χ0v) is 9.81. The first-order valence-electron chi connectivity index (χ1n) is 5.39. The van der Waals surface area contributed by atoms with E-state index in [0.29, 0.717) is 0 Å². The lowest BCUT2D eigenvalue weighted by atomic mass is 10.2. The zero-order valence-electron chi connectivity index (χ0n) is 9.81. The molecule has 0 aliphatic carbocycles. The smallest absolute Gasteiger partial charge is 0.265 e. The highest BCUT2D eigenvalue weighted by Gasteiger charge is 2.08. The Morgan fingerprint density at radius 1 is 1.12 bits per heavy atom. The molecule has 1 aromatic carbocycles. The number of carbonyl (C=O) groups excluding carboxylic acids is 1. The maximum Gasteiger partial charge on any atom is 0.265 e. The van der Waals surface area contributed by atoms with Gasteiger partial charge in [-0.25, -0.2) is 0 Å². The third kappa shape index (κ3) is 2.18. The summed E-state index contributed by atoms with van der Waals surface area (Å²) >= 11 is 0. The fourth-order valence-corrected chi connectivity index (χ4v) is 1.67. The third-order valence-corrected chi connectivity index (χ3v) is 2.64. The molecule has 0 N–H and O–H groups in total. The van der Waals surface area contributed by atoms with E-state index in [4.69, 9.17) is 0 Å². The maximum absolute atomic E-state index is 12.0. The second kappa shape index (κ2) is 4.37. The number of aromatic nitrogens is 1. The number of benzene rings is 1. The van der Waals surface area contributed by atoms with Gasteiger partial charge in [-0.1, -0.05) is 17.7 Å². The molecule has 3 heteroatoms. The van der Waals surface area contributed by atoms with Crippen LogP contribution in [-0.4, -0.2) is 10.4 Å². The molecular weight excluding hydrogens is 214 g/mol. The van der Waals surface area contributed by atoms with Crippen LogP contribution in [0.4, 0.5) is 0 Å². The lowest BCUT2D eigenvalue weighted by Crippen LogP contribution is -2.23. The number of Topliss-reactive ketones (excluding diaryl/α,β-unsaturated/α-hetero) is 1. The molecule has 1 aromatic heterocycles. The number of nitrogens with zero attached hydrogens (tertiary/aromatic N) is 1. The van der Waals surface area contributed by atoms with Crippen molar-refractivity contribution in [1.82, 2.24) is 4.57 Å². The van der Waals surface area contributed by atoms with Gasteiger partial charge < -0.3 is 0 Å². The molecular formula is C14H13NO2. The number of hydrogen-bond acceptors (Lipinski definition) is 2. The zero-order chi connectivity index (χ0) is 12.4. The first-order chi connectivity index (χ1) is 8.09. The van der Waals surface area contributed by atoms with E-state index in [1.54, 1.807) is 18.3 Å². The Morgan fingerprint density at radius 2 is 1.76 bits per heavy atom. The van der Waals surface area contributed by atoms with E-state index in [2.05, 4.69) is 0 Å². The Hall–Kier alpha value is -2.16. The molecule has 0 amide bonds. The minimum Gasteiger partial charge on any atom is -0.294 e. The number of rotatable bonds is 2. The highest BCUT2D eigenvalue weighted by Crippen LogP contribution is 2.07. The van der Waals surface area contributed by atoms with E-state index >= 15 is 0 Å². The molecule has 0 atom stereocenters. The van der Waals surface area contributed by atoms with Crippen molar-refractivity contribution in [3.8, 4) is 5.69 Å². The average molecular weight is 227 g/mol. The van der Waals surface area contributed by atoms with Crippen LogP contribution < -0.4 is 5.56 Å². The Bertz CT molecular complexity index is 609. The van der Waals surface area contributed by atoms with Crippen LogP contribution in [0.25, 0.3) is 5.69 Å². The van der Waals surface area contributed by atoms with Crippen LogP contribution in [0.5, 0.6) is 0 Å². The average Bonchev–Trinajstić information content (AvgIpc) is 2.30. The second-order valence-electron chi connectivity index (χ2n) is 3.99. The SMILES string of the molecule is CC(=O)c1cccn(-c2ccc(C)cc2)c1=O. The number of pyridine rings is 1. The number of hydrogen-bond donors (Lipinski definition) is 0. The van der Waals surface area contributed by atoms with E-state index in [1.165, 1.54) is 11.5 Å². The van der Waals surface area contributed by atoms with E-state index in [9.17, 15) is 9.59 Å². The Labute approximate surface area is 99.3 Å². The van der Waals surface area contributed by atoms with Crippen molar-refractivity contribution in [2.24, 2.45) is 0 Å². The molecule has 2 rings (SSSR count). The number of carbonyl (C=O) groups is 1. The van der Waals surface area contributed by atoms with Gasteiger partial charge in [0.1, 0.15) is 0 Å². The van der Waals surface area contributed by atoms with Crippen LogP contribution in [0.2, 0.25) is 0 Å². The predicted octanol–water partition coefficient (Wildman–Crippen LogP) is 2.35. The molecule has 0 aliphatic rings. The van der Waals surface area contributed by atoms with Crippen molar-refractivity contribution in [2.75, 3.05) is 0 Å². The van der Waals surface area contributed by atoms with E-state index in [0.717, 1.165) is 11.3 Å². The minimum atomic E-state index is -0.274. The molecule has 0 bridgehead atoms. The lowest BCUT2D eigenvalue weighted by Gasteiger charge is -2.06. The first-order valence-corrected chi connectivity index (χ1v) is 5.39. The van der Waals surface area contributed by atoms with Crippen LogP contribution in [0.3, 0.4) is 0 Å². The van der Waals surface area contributed by atoms with Gasteiger partial charge >= 0.3 is 0 Å². The molecule has 17 heavy (non-hydrogen) atoms. The molecule has 0 aliphatic heterocycles. The maximum atomic E-state index is 12.0. The normalized spacial score (nSPS) is 10.2. The van der Waals surface area contributed by atoms with Gasteiger partial charge in [0.25, 0.3) is 5.56 Å². The summed E-state index contributed by atoms with van der Waals surface area (Å²) < 4.78 is 1.48. The highest BCUT2D eigenvalue weighted by molar-refractivity contribution is 5.93. The van der Waals surface area contributed by atoms with Crippen molar-refractivity contribution < 1.29 is 4.79 Å². The summed E-state index contributed by atoms with van der Waals surface area (Å²) in [7, 11) is 0. The van der Waals surface area contributed by atoms with Crippen LogP contribution in [-0.2, 0) is 0 Å². The summed E-state index contributed by atoms with van der Waals surface area (Å²) in [5, 5.41) is 0. The summed E-state index contributed by atoms with van der Waals surface area (Å²) in [6.07, 6.45) is 1.67. The van der Waals surface area contributed by atoms with Gasteiger partial charge in [-0.15, -0.1) is 0 Å². The molecule has 2 aromatic rings. The van der Waals surface area contributed by atoms with Crippen LogP contribution in [0.1, 0.15) is 22.8 Å². The molecule has 0 unspecified atom stereocenters. The summed E-state index contributed by atoms with van der Waals surface area (Å²) in [4.78, 5) is 23.3. The van der Waals surface area contributed by atoms with Gasteiger partial charge in [-0.05, 0) is 38.1 Å². The lowest BCUT2D eigenvalue weighted by molar-refractivity contribution is 0.101. The van der Waals surface area contributed by atoms with Gasteiger partial charge in [0.15, 0.2) is 5.78 Å². The Morgan fingerprint density at radius 3 is 2.35 bits per heavy atom. The summed E-state index contributed by atoms with van der Waals surface area (Å²) in [6.45, 7) is 3.38. The molecule has 0 fully saturated rings. The molecule has 0 spiro atoms. The fourth-order valence-electron chi connectivity index (χ4n) is 1.67. The minimum absolute atomic E-state index is 0.212. The van der Waals surface area contributed by atoms with Crippen molar-refractivity contribution in [2.45, 2.75) is 13.8 Å². The van der Waals surface area contributed by atoms with Gasteiger partial charge in [0, 0.05) is 11.9 Å². The van der Waals surface area contributed by atoms with Crippen LogP contribution in [0.15, 0.2) is 47.4 Å². The summed E-state index contributed by atoms with van der Waals surface area (Å²) in [5.41, 5.74) is 1.84. The van der Waals surface area contributed by atoms with Crippen LogP contribution >= 0.6 is 0 Å². The van der Waals surface area contributed by atoms with E-state index in [-0.39, 0.29) is 16.9 Å². The molecule has 1 heterocycles. The van der Waals surface area contributed by atoms with Crippen molar-refractivity contribution in [1.29, 1.82) is 0 Å². The predicted molar refractivity (Wildman–Crippen MR) is 66.8 cm³/mol. The third-order valence-electron chi connectivity index (χ3n) is 2.64. The second-order valence-corrected chi connectivity index (χ2v) is 3.99. The number of ketones is 1. The number of aryl methyl sites for hydroxylation is 1. The standard InChI is InChI=1S/C14H13NO2/c1-10-5-7-12(8-6-10)15-9-3-4-13(11(2)16)14(15)17/h3-9H,1-2H3. The largest absolute Gasteiger partial charge is 0.294 e. The van der Waals surface area contributed by atoms with Crippen molar-refractivity contribution in [3.63, 3.8) is 0 Å². The molecule has 0 saturated heterocycles. The van der Waals surface area contributed by atoms with Gasteiger partial charge in [0.05, 0.1) is 5.56 Å². The molecule has 0 radical (unpaired) electrons. The quantitative estimate of drug-likeness (QED) is 0.739. The topological polar surface area (TPSA) is 39.1 Å². The highest BCUT2D eigenvalue weighted by atomic mass is 16.1. The van der Waals surface area contributed by atoms with Gasteiger partial charge in [-0.3, -0.25) is 14.2 Å².